The Morgan fingerprint density at radius 2 is 0.870 bits per heavy atom. The lowest BCUT2D eigenvalue weighted by molar-refractivity contribution is -0.138. The Morgan fingerprint density at radius 1 is 0.463 bits per heavy atom. The van der Waals surface area contributed by atoms with E-state index < -0.39 is 66.0 Å². The first-order chi connectivity index (χ1) is 51.4. The third kappa shape index (κ3) is 23.6. The van der Waals surface area contributed by atoms with E-state index in [2.05, 4.69) is 30.9 Å². The number of β-amino-alcohol motifs (C(OH)–C–C–N with tert-alkyl or cyclic N) is 4. The molecule has 0 saturated carbocycles. The Hall–Kier alpha value is -9.24. The summed E-state index contributed by atoms with van der Waals surface area (Å²) in [5.74, 6) is -2.66. The highest BCUT2D eigenvalue weighted by Gasteiger charge is 2.43. The van der Waals surface area contributed by atoms with Crippen molar-refractivity contribution in [3.05, 3.63) is 203 Å². The van der Waals surface area contributed by atoms with E-state index in [1.54, 1.807) is 81.4 Å². The number of halogens is 7. The van der Waals surface area contributed by atoms with Crippen LogP contribution in [0.3, 0.4) is 0 Å². The van der Waals surface area contributed by atoms with Gasteiger partial charge in [0.2, 0.25) is 35.4 Å². The van der Waals surface area contributed by atoms with E-state index in [4.69, 9.17) is 69.6 Å². The average Bonchev–Trinajstić information content (AvgIpc) is 1.68. The molecule has 8 atom stereocenters. The minimum Gasteiger partial charge on any atom is -0.391 e. The number of aryl methyl sites for hydroxylation is 5. The maximum absolute atomic E-state index is 13.9. The predicted molar refractivity (Wildman–Crippen MR) is 381 cm³/mol. The summed E-state index contributed by atoms with van der Waals surface area (Å²) < 4.78 is 61.6. The number of rotatable bonds is 24. The van der Waals surface area contributed by atoms with Crippen molar-refractivity contribution in [2.75, 3.05) is 26.2 Å². The number of nitrogens with zero attached hydrogens (tertiary/aromatic N) is 9. The third-order valence-electron chi connectivity index (χ3n) is 18.1. The summed E-state index contributed by atoms with van der Waals surface area (Å²) in [6.07, 6.45) is -1.79. The lowest BCUT2D eigenvalue weighted by atomic mass is 10.0. The number of ketones is 3. The SMILES string of the molecule is Cc1cc(CC(=O)N2C[C@H](O)C[C@H]2C(=O)CCc2c(F)cc(Cl)cc2F)on1.Cc1cc(CC(=O)N2C[C@H](O)C[C@H]2C(=O)CCc2ccc(Cl)cc2F)on1.Cc1nc(CC(=O)N2C[C@H](O)C[C@H]2C(=O)CCc2ccc(Cl)cc2)no1.O=C(NCc1ccc(Cl)cc1)[C@@H]1C[C@@H](O)CN1C(=O)Cc1cc(CO)no1. The van der Waals surface area contributed by atoms with Crippen LogP contribution in [-0.2, 0) is 96.5 Å². The molecule has 0 unspecified atom stereocenters. The Morgan fingerprint density at radius 3 is 1.31 bits per heavy atom. The fourth-order valence-electron chi connectivity index (χ4n) is 12.8. The monoisotopic (exact) mass is 1580 g/mol. The molecule has 4 aliphatic heterocycles. The number of Topliss-reactive ketones (excluding diaryl/α,β-unsaturated/α-hetero) is 3. The van der Waals surface area contributed by atoms with Gasteiger partial charge in [-0.05, 0) is 98.3 Å². The number of aromatic nitrogens is 5. The Bertz CT molecular complexity index is 4440. The zero-order chi connectivity index (χ0) is 78.0. The van der Waals surface area contributed by atoms with Crippen molar-refractivity contribution in [3.8, 4) is 0 Å². The summed E-state index contributed by atoms with van der Waals surface area (Å²) in [6, 6.07) is 22.5. The van der Waals surface area contributed by atoms with E-state index in [0.29, 0.717) is 80.3 Å². The van der Waals surface area contributed by atoms with Crippen LogP contribution in [0.25, 0.3) is 0 Å². The fraction of sp³-hybridized carbons (Fsp3) is 0.419. The third-order valence-corrected chi connectivity index (χ3v) is 19.1. The van der Waals surface area contributed by atoms with Gasteiger partial charge in [-0.1, -0.05) is 97.4 Å². The van der Waals surface area contributed by atoms with Gasteiger partial charge in [0.1, 0.15) is 46.5 Å². The van der Waals surface area contributed by atoms with Gasteiger partial charge in [0.05, 0.1) is 86.2 Å². The van der Waals surface area contributed by atoms with Gasteiger partial charge in [0, 0.05) is 128 Å². The molecule has 5 amide bonds. The minimum absolute atomic E-state index is 0.0199. The predicted octanol–water partition coefficient (Wildman–Crippen LogP) is 7.48. The molecule has 0 aliphatic carbocycles. The Labute approximate surface area is 637 Å². The number of nitrogens with one attached hydrogen (secondary N) is 1. The maximum Gasteiger partial charge on any atom is 0.243 e. The smallest absolute Gasteiger partial charge is 0.243 e. The molecule has 0 radical (unpaired) electrons. The maximum atomic E-state index is 13.9. The van der Waals surface area contributed by atoms with E-state index in [9.17, 15) is 72.0 Å². The van der Waals surface area contributed by atoms with Crippen LogP contribution in [0.2, 0.25) is 20.1 Å². The summed E-state index contributed by atoms with van der Waals surface area (Å²) in [7, 11) is 0. The van der Waals surface area contributed by atoms with Gasteiger partial charge in [-0.25, -0.2) is 13.2 Å². The first-order valence-electron chi connectivity index (χ1n) is 34.5. The molecule has 27 nitrogen and oxygen atoms in total. The van der Waals surface area contributed by atoms with Gasteiger partial charge in [-0.15, -0.1) is 0 Å². The number of hydrogen-bond acceptors (Lipinski definition) is 22. The number of carbonyl (C=O) groups excluding carboxylic acids is 8. The standard InChI is InChI=1S/C19H19ClF2N2O4.C19H20ClFN2O4.C18H20ClN3O5.C18H20ClN3O4/c1-10-4-13(28-23-10)8-19(27)24-9-12(25)7-17(24)18(26)3-2-14-15(21)5-11(20)6-16(14)22;1-11-6-15(27-22-11)9-19(26)23-10-14(24)8-17(23)18(25)5-3-12-2-4-13(20)7-16(12)21;19-12-3-1-11(2-4-12)8-20-18(26)16-6-14(24)9-22(16)17(25)7-15-5-13(10-23)21-27-15;1-11-20-17(21-26-11)9-18(25)22-10-14(23)8-15(22)16(24)7-4-12-2-5-13(19)6-3-12/h4-6,12,17,25H,2-3,7-9H2,1H3;2,4,6-7,14,17,24H,3,5,8-10H2,1H3;1-5,14,16,23-24H,6-10H2,(H,20,26);2-3,5-6,14-15,23H,4,7-10H2,1H3/t12-,17+;14-,17+;14-,16+;14-,15+/m1111/s1. The van der Waals surface area contributed by atoms with E-state index in [-0.39, 0.29) is 173 Å². The molecule has 8 heterocycles. The van der Waals surface area contributed by atoms with Crippen molar-refractivity contribution >= 4 is 93.3 Å². The van der Waals surface area contributed by atoms with Crippen molar-refractivity contribution in [1.29, 1.82) is 0 Å². The van der Waals surface area contributed by atoms with Gasteiger partial charge in [-0.2, -0.15) is 4.98 Å². The van der Waals surface area contributed by atoms with Crippen LogP contribution in [0.4, 0.5) is 13.2 Å². The Balaban J connectivity index is 0.000000166. The molecule has 0 spiro atoms. The highest BCUT2D eigenvalue weighted by Crippen LogP contribution is 2.29. The van der Waals surface area contributed by atoms with Gasteiger partial charge >= 0.3 is 0 Å². The number of aliphatic hydroxyl groups is 5. The molecule has 4 aromatic heterocycles. The van der Waals surface area contributed by atoms with Crippen LogP contribution in [0, 0.1) is 38.2 Å². The normalized spacial score (nSPS) is 19.4. The van der Waals surface area contributed by atoms with Crippen LogP contribution < -0.4 is 5.32 Å². The largest absolute Gasteiger partial charge is 0.391 e. The lowest BCUT2D eigenvalue weighted by Crippen LogP contribution is -2.46. The molecule has 108 heavy (non-hydrogen) atoms. The molecule has 8 aromatic rings. The topological polar surface area (TPSA) is 380 Å². The quantitative estimate of drug-likeness (QED) is 0.0341. The average molecular weight is 1580 g/mol. The summed E-state index contributed by atoms with van der Waals surface area (Å²) >= 11 is 23.0. The van der Waals surface area contributed by atoms with Crippen LogP contribution in [0.5, 0.6) is 0 Å². The molecular formula is C74H79Cl4F3N10O17. The first kappa shape index (κ1) is 82.8. The summed E-state index contributed by atoms with van der Waals surface area (Å²) in [5.41, 5.74) is 3.66. The molecule has 4 aliphatic rings. The highest BCUT2D eigenvalue weighted by atomic mass is 35.5. The van der Waals surface area contributed by atoms with E-state index in [1.165, 1.54) is 31.7 Å². The second-order valence-electron chi connectivity index (χ2n) is 26.5. The molecule has 6 N–H and O–H groups in total. The van der Waals surface area contributed by atoms with Crippen molar-refractivity contribution < 1.29 is 95.2 Å². The van der Waals surface area contributed by atoms with E-state index in [0.717, 1.165) is 23.3 Å². The van der Waals surface area contributed by atoms with Gasteiger partial charge < -0.3 is 68.5 Å². The van der Waals surface area contributed by atoms with E-state index >= 15 is 0 Å². The number of likely N-dealkylation sites (tertiary alicyclic amines) is 4. The molecule has 576 valence electrons. The number of benzene rings is 4. The van der Waals surface area contributed by atoms with Crippen molar-refractivity contribution in [2.45, 2.75) is 172 Å². The second kappa shape index (κ2) is 38.7. The lowest BCUT2D eigenvalue weighted by Gasteiger charge is -2.23. The number of amides is 5. The van der Waals surface area contributed by atoms with Crippen LogP contribution >= 0.6 is 46.4 Å². The van der Waals surface area contributed by atoms with Crippen LogP contribution in [-0.4, -0.2) is 192 Å². The van der Waals surface area contributed by atoms with E-state index in [1.807, 2.05) is 12.1 Å². The molecule has 4 aromatic carbocycles. The second-order valence-corrected chi connectivity index (χ2v) is 28.3. The minimum atomic E-state index is -0.843. The van der Waals surface area contributed by atoms with Crippen molar-refractivity contribution in [3.63, 3.8) is 0 Å². The van der Waals surface area contributed by atoms with Crippen LogP contribution in [0.15, 0.2) is 115 Å². The Kier molecular flexibility index (Phi) is 29.7. The summed E-state index contributed by atoms with van der Waals surface area (Å²) in [5, 5.41) is 67.8. The van der Waals surface area contributed by atoms with Gasteiger partial charge in [-0.3, -0.25) is 38.4 Å². The van der Waals surface area contributed by atoms with Crippen molar-refractivity contribution in [1.82, 2.24) is 50.5 Å². The zero-order valence-corrected chi connectivity index (χ0v) is 61.8. The summed E-state index contributed by atoms with van der Waals surface area (Å²) in [6.45, 7) is 5.47. The molecule has 4 saturated heterocycles. The molecular weight excluding hydrogens is 1500 g/mol. The molecule has 12 rings (SSSR count). The zero-order valence-electron chi connectivity index (χ0n) is 58.8. The number of carbonyl (C=O) groups is 8. The van der Waals surface area contributed by atoms with Crippen LogP contribution in [0.1, 0.15) is 113 Å². The molecule has 34 heteroatoms. The fourth-order valence-corrected chi connectivity index (χ4v) is 13.4. The number of hydrogen-bond donors (Lipinski definition) is 6. The van der Waals surface area contributed by atoms with Gasteiger partial charge in [0.15, 0.2) is 23.2 Å². The number of aliphatic hydroxyl groups excluding tert-OH is 5. The molecule has 4 fully saturated rings. The highest BCUT2D eigenvalue weighted by molar-refractivity contribution is 6.31. The molecule has 0 bridgehead atoms. The van der Waals surface area contributed by atoms with Crippen molar-refractivity contribution in [2.24, 2.45) is 0 Å². The summed E-state index contributed by atoms with van der Waals surface area (Å²) in [4.78, 5) is 110. The van der Waals surface area contributed by atoms with Gasteiger partial charge in [0.25, 0.3) is 0 Å². The first-order valence-corrected chi connectivity index (χ1v) is 36.0.